The number of amides is 1. The number of tetrazole rings is 1. The second kappa shape index (κ2) is 9.68. The molecule has 1 amide bonds. The summed E-state index contributed by atoms with van der Waals surface area (Å²) < 4.78 is 12.6. The van der Waals surface area contributed by atoms with Crippen molar-refractivity contribution in [1.29, 1.82) is 0 Å². The average molecular weight is 395 g/mol. The number of nitrogens with one attached hydrogen (secondary N) is 1. The van der Waals surface area contributed by atoms with Crippen molar-refractivity contribution >= 4 is 5.91 Å². The van der Waals surface area contributed by atoms with Gasteiger partial charge in [-0.2, -0.15) is 0 Å². The van der Waals surface area contributed by atoms with Crippen LogP contribution in [0, 0.1) is 0 Å². The van der Waals surface area contributed by atoms with Crippen LogP contribution in [0.15, 0.2) is 48.5 Å². The molecule has 0 unspecified atom stereocenters. The van der Waals surface area contributed by atoms with Crippen LogP contribution in [-0.4, -0.2) is 39.8 Å². The third-order valence-corrected chi connectivity index (χ3v) is 4.39. The van der Waals surface area contributed by atoms with Crippen molar-refractivity contribution in [3.8, 4) is 11.5 Å². The molecule has 0 saturated heterocycles. The topological polar surface area (TPSA) is 91.2 Å². The first-order valence-electron chi connectivity index (χ1n) is 9.47. The summed E-state index contributed by atoms with van der Waals surface area (Å²) in [7, 11) is 1.64. The number of hydrogen-bond acceptors (Lipinski definition) is 6. The van der Waals surface area contributed by atoms with Gasteiger partial charge in [0.25, 0.3) is 5.91 Å². The van der Waals surface area contributed by atoms with E-state index in [0.29, 0.717) is 23.7 Å². The molecule has 152 valence electrons. The van der Waals surface area contributed by atoms with Gasteiger partial charge in [-0.3, -0.25) is 4.79 Å². The molecule has 0 radical (unpaired) electrons. The predicted octanol–water partition coefficient (Wildman–Crippen LogP) is 2.81. The van der Waals surface area contributed by atoms with Crippen molar-refractivity contribution in [3.05, 3.63) is 65.5 Å². The Labute approximate surface area is 169 Å². The Morgan fingerprint density at radius 1 is 1.07 bits per heavy atom. The number of carbonyl (C=O) groups excluding carboxylic acids is 1. The Bertz CT molecular complexity index is 920. The van der Waals surface area contributed by atoms with Crippen LogP contribution < -0.4 is 14.8 Å². The summed E-state index contributed by atoms with van der Waals surface area (Å²) in [4.78, 5) is 12.3. The molecule has 0 atom stereocenters. The molecule has 1 heterocycles. The molecule has 0 saturated carbocycles. The molecule has 8 nitrogen and oxygen atoms in total. The zero-order valence-electron chi connectivity index (χ0n) is 16.8. The number of hydrogen-bond donors (Lipinski definition) is 1. The van der Waals surface area contributed by atoms with Gasteiger partial charge in [-0.1, -0.05) is 12.1 Å². The zero-order chi connectivity index (χ0) is 20.6. The highest BCUT2D eigenvalue weighted by molar-refractivity contribution is 5.94. The van der Waals surface area contributed by atoms with Gasteiger partial charge in [0.15, 0.2) is 5.82 Å². The van der Waals surface area contributed by atoms with E-state index in [-0.39, 0.29) is 18.6 Å². The van der Waals surface area contributed by atoms with Gasteiger partial charge in [0, 0.05) is 12.1 Å². The summed E-state index contributed by atoms with van der Waals surface area (Å²) in [5.74, 6) is 2.01. The maximum absolute atomic E-state index is 12.3. The van der Waals surface area contributed by atoms with E-state index in [9.17, 15) is 4.79 Å². The maximum Gasteiger partial charge on any atom is 0.251 e. The van der Waals surface area contributed by atoms with E-state index in [1.807, 2.05) is 38.1 Å². The molecule has 29 heavy (non-hydrogen) atoms. The van der Waals surface area contributed by atoms with Gasteiger partial charge < -0.3 is 14.8 Å². The monoisotopic (exact) mass is 395 g/mol. The van der Waals surface area contributed by atoms with E-state index >= 15 is 0 Å². The minimum atomic E-state index is -0.117. The molecule has 1 aromatic heterocycles. The Hall–Kier alpha value is -3.42. The number of nitrogens with zero attached hydrogens (tertiary/aromatic N) is 4. The van der Waals surface area contributed by atoms with E-state index < -0.39 is 0 Å². The smallest absolute Gasteiger partial charge is 0.251 e. The van der Waals surface area contributed by atoms with Gasteiger partial charge in [-0.05, 0) is 72.7 Å². The molecule has 3 rings (SSSR count). The molecular formula is C21H25N5O3. The average Bonchev–Trinajstić information content (AvgIpc) is 3.22. The molecule has 0 aliphatic heterocycles. The minimum Gasteiger partial charge on any atom is -0.497 e. The van der Waals surface area contributed by atoms with E-state index in [1.165, 1.54) is 0 Å². The molecule has 1 N–H and O–H groups in total. The van der Waals surface area contributed by atoms with Crippen LogP contribution in [0.25, 0.3) is 0 Å². The highest BCUT2D eigenvalue weighted by atomic mass is 16.5. The lowest BCUT2D eigenvalue weighted by Crippen LogP contribution is -2.25. The van der Waals surface area contributed by atoms with Crippen molar-refractivity contribution in [2.24, 2.45) is 0 Å². The third kappa shape index (κ3) is 5.54. The lowest BCUT2D eigenvalue weighted by Gasteiger charge is -2.10. The van der Waals surface area contributed by atoms with Crippen molar-refractivity contribution in [3.63, 3.8) is 0 Å². The lowest BCUT2D eigenvalue weighted by atomic mass is 10.1. The minimum absolute atomic E-state index is 0.117. The first-order chi connectivity index (χ1) is 14.1. The number of carbonyl (C=O) groups is 1. The van der Waals surface area contributed by atoms with Crippen LogP contribution in [-0.2, 0) is 13.0 Å². The zero-order valence-corrected chi connectivity index (χ0v) is 16.8. The summed E-state index contributed by atoms with van der Waals surface area (Å²) in [6.07, 6.45) is 0.751. The van der Waals surface area contributed by atoms with E-state index in [0.717, 1.165) is 17.7 Å². The first-order valence-corrected chi connectivity index (χ1v) is 9.47. The molecule has 8 heteroatoms. The van der Waals surface area contributed by atoms with Crippen LogP contribution >= 0.6 is 0 Å². The fourth-order valence-corrected chi connectivity index (χ4v) is 2.77. The van der Waals surface area contributed by atoms with Crippen LogP contribution in [0.5, 0.6) is 11.5 Å². The number of methoxy groups -OCH3 is 1. The quantitative estimate of drug-likeness (QED) is 0.599. The Morgan fingerprint density at radius 3 is 2.41 bits per heavy atom. The fourth-order valence-electron chi connectivity index (χ4n) is 2.77. The molecule has 2 aromatic carbocycles. The van der Waals surface area contributed by atoms with Gasteiger partial charge in [0.1, 0.15) is 18.1 Å². The molecular weight excluding hydrogens is 370 g/mol. The van der Waals surface area contributed by atoms with Gasteiger partial charge in [-0.15, -0.1) is 5.10 Å². The van der Waals surface area contributed by atoms with Crippen LogP contribution in [0.3, 0.4) is 0 Å². The van der Waals surface area contributed by atoms with Gasteiger partial charge in [0.2, 0.25) is 0 Å². The maximum atomic E-state index is 12.3. The first kappa shape index (κ1) is 20.3. The van der Waals surface area contributed by atoms with Crippen molar-refractivity contribution in [2.45, 2.75) is 32.9 Å². The Morgan fingerprint density at radius 2 is 1.76 bits per heavy atom. The van der Waals surface area contributed by atoms with E-state index in [2.05, 4.69) is 20.8 Å². The summed E-state index contributed by atoms with van der Waals surface area (Å²) in [5, 5.41) is 14.5. The molecule has 0 aliphatic carbocycles. The van der Waals surface area contributed by atoms with Crippen molar-refractivity contribution in [1.82, 2.24) is 25.5 Å². The Kier molecular flexibility index (Phi) is 6.78. The fraction of sp³-hybridized carbons (Fsp3) is 0.333. The van der Waals surface area contributed by atoms with Crippen molar-refractivity contribution < 1.29 is 14.3 Å². The second-order valence-corrected chi connectivity index (χ2v) is 6.80. The summed E-state index contributed by atoms with van der Waals surface area (Å²) in [5.41, 5.74) is 1.72. The number of aromatic nitrogens is 4. The standard InChI is InChI=1S/C21H25N5O3/c1-15(2)26-20(23-24-25-26)14-29-19-10-6-17(7-11-19)21(27)22-13-12-16-4-8-18(28-3)9-5-16/h4-11,15H,12-14H2,1-3H3,(H,22,27). The molecule has 0 aliphatic rings. The van der Waals surface area contributed by atoms with E-state index in [1.54, 1.807) is 36.1 Å². The third-order valence-electron chi connectivity index (χ3n) is 4.39. The Balaban J connectivity index is 1.47. The highest BCUT2D eigenvalue weighted by Gasteiger charge is 2.10. The molecule has 0 bridgehead atoms. The van der Waals surface area contributed by atoms with Crippen molar-refractivity contribution in [2.75, 3.05) is 13.7 Å². The van der Waals surface area contributed by atoms with E-state index in [4.69, 9.17) is 9.47 Å². The van der Waals surface area contributed by atoms with Crippen LogP contribution in [0.2, 0.25) is 0 Å². The van der Waals surface area contributed by atoms with Gasteiger partial charge in [-0.25, -0.2) is 4.68 Å². The second-order valence-electron chi connectivity index (χ2n) is 6.80. The normalized spacial score (nSPS) is 10.8. The summed E-state index contributed by atoms with van der Waals surface area (Å²) in [6.45, 7) is 4.82. The van der Waals surface area contributed by atoms with Crippen LogP contribution in [0.1, 0.15) is 41.6 Å². The van der Waals surface area contributed by atoms with Gasteiger partial charge in [0.05, 0.1) is 13.2 Å². The van der Waals surface area contributed by atoms with Gasteiger partial charge >= 0.3 is 0 Å². The molecule has 3 aromatic rings. The number of rotatable bonds is 9. The largest absolute Gasteiger partial charge is 0.497 e. The highest BCUT2D eigenvalue weighted by Crippen LogP contribution is 2.15. The predicted molar refractivity (Wildman–Crippen MR) is 108 cm³/mol. The molecule has 0 fully saturated rings. The molecule has 0 spiro atoms. The summed E-state index contributed by atoms with van der Waals surface area (Å²) >= 11 is 0. The number of benzene rings is 2. The lowest BCUT2D eigenvalue weighted by molar-refractivity contribution is 0.0954. The SMILES string of the molecule is COc1ccc(CCNC(=O)c2ccc(OCc3nnnn3C(C)C)cc2)cc1. The number of ether oxygens (including phenoxy) is 2. The van der Waals surface area contributed by atoms with Crippen LogP contribution in [0.4, 0.5) is 0 Å². The summed E-state index contributed by atoms with van der Waals surface area (Å²) in [6, 6.07) is 15.0.